The van der Waals surface area contributed by atoms with Gasteiger partial charge in [0, 0.05) is 4.75 Å². The van der Waals surface area contributed by atoms with Crippen LogP contribution in [0.1, 0.15) is 20.3 Å². The Labute approximate surface area is 94.2 Å². The summed E-state index contributed by atoms with van der Waals surface area (Å²) < 4.78 is 36.4. The van der Waals surface area contributed by atoms with E-state index in [1.807, 2.05) is 0 Å². The number of carbonyl (C=O) groups is 1. The van der Waals surface area contributed by atoms with E-state index in [4.69, 9.17) is 5.11 Å². The Kier molecular flexibility index (Phi) is 3.42. The highest BCUT2D eigenvalue weighted by Crippen LogP contribution is 2.51. The quantitative estimate of drug-likeness (QED) is 0.759. The SMILES string of the molecule is CC(C)(CC(=O)O)[SH]1C=CC(C(F)(F)F)=C1. The van der Waals surface area contributed by atoms with E-state index in [0.29, 0.717) is 0 Å². The molecule has 92 valence electrons. The molecule has 16 heavy (non-hydrogen) atoms. The van der Waals surface area contributed by atoms with Crippen molar-refractivity contribution in [1.82, 2.24) is 0 Å². The van der Waals surface area contributed by atoms with Gasteiger partial charge < -0.3 is 5.11 Å². The second-order valence-electron chi connectivity index (χ2n) is 4.19. The molecule has 0 aromatic rings. The zero-order valence-corrected chi connectivity index (χ0v) is 9.77. The Morgan fingerprint density at radius 3 is 2.38 bits per heavy atom. The maximum atomic E-state index is 12.4. The molecule has 1 unspecified atom stereocenters. The van der Waals surface area contributed by atoms with Crippen LogP contribution in [0.3, 0.4) is 0 Å². The van der Waals surface area contributed by atoms with Crippen molar-refractivity contribution in [2.75, 3.05) is 0 Å². The van der Waals surface area contributed by atoms with Crippen molar-refractivity contribution < 1.29 is 23.1 Å². The number of hydrogen-bond acceptors (Lipinski definition) is 1. The number of alkyl halides is 3. The lowest BCUT2D eigenvalue weighted by Crippen LogP contribution is -2.22. The first kappa shape index (κ1) is 13.2. The van der Waals surface area contributed by atoms with Crippen LogP contribution < -0.4 is 0 Å². The fourth-order valence-electron chi connectivity index (χ4n) is 1.40. The summed E-state index contributed by atoms with van der Waals surface area (Å²) in [6.07, 6.45) is -3.44. The number of aliphatic carboxylic acids is 1. The number of allylic oxidation sites excluding steroid dienone is 2. The lowest BCUT2D eigenvalue weighted by Gasteiger charge is -2.30. The number of carboxylic acids is 1. The molecule has 0 amide bonds. The fourth-order valence-corrected chi connectivity index (χ4v) is 3.41. The highest BCUT2D eigenvalue weighted by molar-refractivity contribution is 8.23. The average Bonchev–Trinajstić information content (AvgIpc) is 2.47. The summed E-state index contributed by atoms with van der Waals surface area (Å²) >= 11 is 0. The topological polar surface area (TPSA) is 37.3 Å². The molecule has 0 radical (unpaired) electrons. The van der Waals surface area contributed by atoms with Crippen LogP contribution in [-0.4, -0.2) is 22.0 Å². The van der Waals surface area contributed by atoms with Gasteiger partial charge in [0.15, 0.2) is 0 Å². The van der Waals surface area contributed by atoms with Gasteiger partial charge in [0.25, 0.3) is 0 Å². The van der Waals surface area contributed by atoms with E-state index in [9.17, 15) is 18.0 Å². The molecule has 1 aliphatic rings. The number of thiol groups is 1. The predicted octanol–water partition coefficient (Wildman–Crippen LogP) is 3.21. The van der Waals surface area contributed by atoms with E-state index in [1.54, 1.807) is 13.8 Å². The van der Waals surface area contributed by atoms with Gasteiger partial charge >= 0.3 is 12.1 Å². The third-order valence-corrected chi connectivity index (χ3v) is 4.89. The molecule has 1 N–H and O–H groups in total. The second kappa shape index (κ2) is 4.16. The Balaban J connectivity index is 2.84. The van der Waals surface area contributed by atoms with E-state index in [1.165, 1.54) is 5.41 Å². The van der Waals surface area contributed by atoms with Gasteiger partial charge in [0.1, 0.15) is 0 Å². The highest BCUT2D eigenvalue weighted by Gasteiger charge is 2.37. The van der Waals surface area contributed by atoms with Crippen molar-refractivity contribution in [2.45, 2.75) is 31.2 Å². The number of hydrogen-bond donors (Lipinski definition) is 2. The Morgan fingerprint density at radius 2 is 2.00 bits per heavy atom. The number of rotatable bonds is 3. The molecule has 0 saturated heterocycles. The summed E-state index contributed by atoms with van der Waals surface area (Å²) in [5, 5.41) is 11.3. The van der Waals surface area contributed by atoms with Gasteiger partial charge in [-0.3, -0.25) is 4.79 Å². The van der Waals surface area contributed by atoms with E-state index >= 15 is 0 Å². The third kappa shape index (κ3) is 3.04. The molecule has 0 bridgehead atoms. The standard InChI is InChI=1S/C10H13F3O2S/c1-9(2,5-8(14)15)16-4-3-7(6-16)10(11,12)13/h3-4,6,16H,5H2,1-2H3,(H,14,15). The summed E-state index contributed by atoms with van der Waals surface area (Å²) in [7, 11) is -1.17. The van der Waals surface area contributed by atoms with Crippen molar-refractivity contribution in [2.24, 2.45) is 0 Å². The first-order chi connectivity index (χ1) is 7.13. The van der Waals surface area contributed by atoms with E-state index in [2.05, 4.69) is 0 Å². The molecule has 1 aliphatic heterocycles. The minimum Gasteiger partial charge on any atom is -0.481 e. The monoisotopic (exact) mass is 254 g/mol. The van der Waals surface area contributed by atoms with E-state index in [-0.39, 0.29) is 6.42 Å². The van der Waals surface area contributed by atoms with Crippen molar-refractivity contribution in [3.63, 3.8) is 0 Å². The van der Waals surface area contributed by atoms with Crippen molar-refractivity contribution >= 4 is 16.9 Å². The molecule has 0 aromatic carbocycles. The Hall–Kier alpha value is -0.910. The summed E-state index contributed by atoms with van der Waals surface area (Å²) in [5.41, 5.74) is -0.669. The van der Waals surface area contributed by atoms with Gasteiger partial charge in [-0.25, -0.2) is 10.9 Å². The zero-order valence-electron chi connectivity index (χ0n) is 8.88. The van der Waals surface area contributed by atoms with Gasteiger partial charge in [0.05, 0.1) is 12.0 Å². The van der Waals surface area contributed by atoms with Crippen LogP contribution >= 0.6 is 10.9 Å². The van der Waals surface area contributed by atoms with Crippen molar-refractivity contribution in [1.29, 1.82) is 0 Å². The summed E-state index contributed by atoms with van der Waals surface area (Å²) in [5.74, 6) is -0.991. The van der Waals surface area contributed by atoms with Crippen LogP contribution in [0.2, 0.25) is 0 Å². The predicted molar refractivity (Wildman–Crippen MR) is 58.6 cm³/mol. The van der Waals surface area contributed by atoms with Crippen LogP contribution in [-0.2, 0) is 4.79 Å². The molecule has 0 aliphatic carbocycles. The summed E-state index contributed by atoms with van der Waals surface area (Å²) in [4.78, 5) is 10.6. The lowest BCUT2D eigenvalue weighted by molar-refractivity contribution is -0.137. The minimum absolute atomic E-state index is 0.134. The summed E-state index contributed by atoms with van der Waals surface area (Å²) in [6.45, 7) is 3.35. The van der Waals surface area contributed by atoms with Gasteiger partial charge in [-0.2, -0.15) is 13.2 Å². The molecule has 0 saturated carbocycles. The second-order valence-corrected chi connectivity index (χ2v) is 6.77. The van der Waals surface area contributed by atoms with Gasteiger partial charge in [-0.1, -0.05) is 13.8 Å². The normalized spacial score (nSPS) is 23.3. The molecule has 6 heteroatoms. The molecule has 1 atom stereocenters. The molecular weight excluding hydrogens is 241 g/mol. The maximum absolute atomic E-state index is 12.4. The van der Waals surface area contributed by atoms with Crippen LogP contribution in [0, 0.1) is 0 Å². The van der Waals surface area contributed by atoms with Crippen LogP contribution in [0.25, 0.3) is 0 Å². The fraction of sp³-hybridized carbons (Fsp3) is 0.500. The zero-order chi connectivity index (χ0) is 12.6. The van der Waals surface area contributed by atoms with Crippen LogP contribution in [0.4, 0.5) is 13.2 Å². The largest absolute Gasteiger partial charge is 0.481 e. The average molecular weight is 254 g/mol. The first-order valence-corrected chi connectivity index (χ1v) is 6.08. The van der Waals surface area contributed by atoms with Crippen molar-refractivity contribution in [3.8, 4) is 0 Å². The molecule has 0 aromatic heterocycles. The molecule has 1 rings (SSSR count). The molecule has 1 heterocycles. The maximum Gasteiger partial charge on any atom is 0.416 e. The highest BCUT2D eigenvalue weighted by atomic mass is 32.2. The summed E-state index contributed by atoms with van der Waals surface area (Å²) in [6, 6.07) is 0. The third-order valence-electron chi connectivity index (χ3n) is 2.30. The number of carboxylic acid groups (broad SMARTS) is 1. The lowest BCUT2D eigenvalue weighted by atomic mass is 10.1. The Morgan fingerprint density at radius 1 is 1.44 bits per heavy atom. The Bertz CT molecular complexity index is 356. The first-order valence-electron chi connectivity index (χ1n) is 4.60. The van der Waals surface area contributed by atoms with Crippen LogP contribution in [0.15, 0.2) is 22.5 Å². The number of halogens is 3. The molecular formula is C10H13F3O2S. The minimum atomic E-state index is -4.34. The van der Waals surface area contributed by atoms with Crippen LogP contribution in [0.5, 0.6) is 0 Å². The van der Waals surface area contributed by atoms with E-state index < -0.39 is 33.4 Å². The van der Waals surface area contributed by atoms with Gasteiger partial charge in [-0.15, -0.1) is 0 Å². The van der Waals surface area contributed by atoms with Gasteiger partial charge in [-0.05, 0) is 16.9 Å². The smallest absolute Gasteiger partial charge is 0.416 e. The van der Waals surface area contributed by atoms with E-state index in [0.717, 1.165) is 11.5 Å². The molecule has 2 nitrogen and oxygen atoms in total. The molecule has 0 spiro atoms. The van der Waals surface area contributed by atoms with Crippen molar-refractivity contribution in [3.05, 3.63) is 22.5 Å². The van der Waals surface area contributed by atoms with Gasteiger partial charge in [0.2, 0.25) is 0 Å². The molecule has 0 fully saturated rings.